The monoisotopic (exact) mass is 261 g/mol. The lowest BCUT2D eigenvalue weighted by molar-refractivity contribution is 0.253. The summed E-state index contributed by atoms with van der Waals surface area (Å²) in [7, 11) is 3.17. The van der Waals surface area contributed by atoms with Crippen molar-refractivity contribution in [1.82, 2.24) is 5.43 Å². The molecule has 0 saturated heterocycles. The third kappa shape index (κ3) is 2.99. The largest absolute Gasteiger partial charge is 0.481 e. The van der Waals surface area contributed by atoms with E-state index in [1.807, 2.05) is 12.1 Å². The molecule has 0 saturated carbocycles. The Morgan fingerprint density at radius 2 is 1.79 bits per heavy atom. The van der Waals surface area contributed by atoms with Crippen LogP contribution in [0.3, 0.4) is 0 Å². The molecule has 0 bridgehead atoms. The first-order chi connectivity index (χ1) is 9.13. The van der Waals surface area contributed by atoms with Crippen molar-refractivity contribution in [2.24, 2.45) is 5.10 Å². The van der Waals surface area contributed by atoms with Gasteiger partial charge < -0.3 is 9.47 Å². The van der Waals surface area contributed by atoms with Gasteiger partial charge >= 0.3 is 0 Å². The molecule has 0 unspecified atom stereocenters. The molecule has 2 rings (SSSR count). The third-order valence-corrected chi connectivity index (χ3v) is 2.90. The van der Waals surface area contributed by atoms with Gasteiger partial charge in [0.2, 0.25) is 11.8 Å². The van der Waals surface area contributed by atoms with Crippen molar-refractivity contribution in [3.63, 3.8) is 0 Å². The molecule has 0 aliphatic carbocycles. The lowest BCUT2D eigenvalue weighted by Crippen LogP contribution is -2.38. The Balaban J connectivity index is 2.22. The van der Waals surface area contributed by atoms with Crippen LogP contribution in [0.2, 0.25) is 0 Å². The number of rotatable bonds is 3. The maximum Gasteiger partial charge on any atom is 0.238 e. The summed E-state index contributed by atoms with van der Waals surface area (Å²) in [6, 6.07) is 8.21. The third-order valence-electron chi connectivity index (χ3n) is 2.90. The number of hydrogen-bond donors (Lipinski definition) is 1. The molecule has 0 radical (unpaired) electrons. The van der Waals surface area contributed by atoms with E-state index in [9.17, 15) is 0 Å². The van der Waals surface area contributed by atoms with E-state index >= 15 is 0 Å². The van der Waals surface area contributed by atoms with Gasteiger partial charge in [-0.2, -0.15) is 5.12 Å². The minimum atomic E-state index is 0.489. The van der Waals surface area contributed by atoms with Gasteiger partial charge in [0.1, 0.15) is 0 Å². The van der Waals surface area contributed by atoms with E-state index in [4.69, 9.17) is 9.47 Å². The number of hydrazone groups is 1. The molecule has 5 nitrogen and oxygen atoms in total. The summed E-state index contributed by atoms with van der Waals surface area (Å²) in [5.41, 5.74) is 5.25. The molecule has 0 fully saturated rings. The van der Waals surface area contributed by atoms with Crippen LogP contribution in [0, 0.1) is 0 Å². The van der Waals surface area contributed by atoms with Crippen molar-refractivity contribution in [2.45, 2.75) is 19.8 Å². The molecule has 1 aromatic carbocycles. The van der Waals surface area contributed by atoms with Crippen molar-refractivity contribution in [3.8, 4) is 0 Å². The molecule has 0 spiro atoms. The first kappa shape index (κ1) is 13.3. The molecule has 1 aliphatic heterocycles. The standard InChI is InChI=1S/C14H19N3O2/c1-10(2)11-5-7-12(8-6-11)17-15-13(18-3)9-14(16-17)19-4/h5-10,15H,1-4H3. The summed E-state index contributed by atoms with van der Waals surface area (Å²) in [5, 5.41) is 5.93. The van der Waals surface area contributed by atoms with Crippen molar-refractivity contribution in [3.05, 3.63) is 41.8 Å². The molecule has 19 heavy (non-hydrogen) atoms. The summed E-state index contributed by atoms with van der Waals surface area (Å²) < 4.78 is 10.3. The van der Waals surface area contributed by atoms with E-state index in [2.05, 4.69) is 36.5 Å². The van der Waals surface area contributed by atoms with Gasteiger partial charge in [0.05, 0.1) is 26.0 Å². The molecule has 5 heteroatoms. The van der Waals surface area contributed by atoms with Crippen LogP contribution in [0.15, 0.2) is 41.3 Å². The molecular formula is C14H19N3O2. The van der Waals surface area contributed by atoms with Crippen LogP contribution >= 0.6 is 0 Å². The summed E-state index contributed by atoms with van der Waals surface area (Å²) >= 11 is 0. The second kappa shape index (κ2) is 5.65. The maximum atomic E-state index is 5.18. The first-order valence-electron chi connectivity index (χ1n) is 6.19. The van der Waals surface area contributed by atoms with Gasteiger partial charge in [0.25, 0.3) is 0 Å². The van der Waals surface area contributed by atoms with E-state index in [1.165, 1.54) is 5.56 Å². The lowest BCUT2D eigenvalue weighted by atomic mass is 10.0. The van der Waals surface area contributed by atoms with Crippen LogP contribution in [0.25, 0.3) is 0 Å². The van der Waals surface area contributed by atoms with Crippen molar-refractivity contribution in [2.75, 3.05) is 19.3 Å². The summed E-state index contributed by atoms with van der Waals surface area (Å²) in [6.45, 7) is 4.34. The van der Waals surface area contributed by atoms with Crippen LogP contribution in [-0.2, 0) is 9.47 Å². The molecule has 1 N–H and O–H groups in total. The van der Waals surface area contributed by atoms with Gasteiger partial charge in [-0.3, -0.25) is 0 Å². The van der Waals surface area contributed by atoms with Crippen LogP contribution in [0.5, 0.6) is 0 Å². The summed E-state index contributed by atoms with van der Waals surface area (Å²) in [5.74, 6) is 1.58. The van der Waals surface area contributed by atoms with Crippen LogP contribution in [-0.4, -0.2) is 20.1 Å². The lowest BCUT2D eigenvalue weighted by Gasteiger charge is -2.25. The molecule has 102 valence electrons. The van der Waals surface area contributed by atoms with Gasteiger partial charge in [0.15, 0.2) is 0 Å². The van der Waals surface area contributed by atoms with Gasteiger partial charge in [-0.05, 0) is 23.6 Å². The number of ether oxygens (including phenoxy) is 2. The highest BCUT2D eigenvalue weighted by atomic mass is 16.5. The predicted octanol–water partition coefficient (Wildman–Crippen LogP) is 2.58. The highest BCUT2D eigenvalue weighted by Crippen LogP contribution is 2.21. The molecular weight excluding hydrogens is 242 g/mol. The Hall–Kier alpha value is -2.17. The Kier molecular flexibility index (Phi) is 3.94. The Bertz CT molecular complexity index is 492. The predicted molar refractivity (Wildman–Crippen MR) is 75.7 cm³/mol. The Labute approximate surface area is 113 Å². The summed E-state index contributed by atoms with van der Waals surface area (Å²) in [6.07, 6.45) is 1.69. The Morgan fingerprint density at radius 3 is 2.32 bits per heavy atom. The second-order valence-electron chi connectivity index (χ2n) is 4.52. The average Bonchev–Trinajstić information content (AvgIpc) is 2.46. The number of methoxy groups -OCH3 is 2. The number of nitrogens with one attached hydrogen (secondary N) is 1. The van der Waals surface area contributed by atoms with Crippen LogP contribution in [0.4, 0.5) is 5.69 Å². The van der Waals surface area contributed by atoms with Crippen LogP contribution in [0.1, 0.15) is 25.3 Å². The minimum absolute atomic E-state index is 0.489. The van der Waals surface area contributed by atoms with E-state index in [-0.39, 0.29) is 0 Å². The second-order valence-corrected chi connectivity index (χ2v) is 4.52. The molecule has 0 atom stereocenters. The summed E-state index contributed by atoms with van der Waals surface area (Å²) in [4.78, 5) is 0. The fraction of sp³-hybridized carbons (Fsp3) is 0.357. The van der Waals surface area contributed by atoms with Gasteiger partial charge in [-0.15, -0.1) is 5.10 Å². The number of hydrazine groups is 1. The zero-order chi connectivity index (χ0) is 13.8. The van der Waals surface area contributed by atoms with Gasteiger partial charge in [-0.25, -0.2) is 5.43 Å². The SMILES string of the molecule is COC1=CC(OC)=NN(c2ccc(C(C)C)cc2)N1. The van der Waals surface area contributed by atoms with E-state index in [1.54, 1.807) is 25.4 Å². The smallest absolute Gasteiger partial charge is 0.238 e. The van der Waals surface area contributed by atoms with Crippen molar-refractivity contribution in [1.29, 1.82) is 0 Å². The maximum absolute atomic E-state index is 5.18. The van der Waals surface area contributed by atoms with E-state index in [0.29, 0.717) is 17.7 Å². The zero-order valence-corrected chi connectivity index (χ0v) is 11.7. The van der Waals surface area contributed by atoms with Gasteiger partial charge in [0, 0.05) is 0 Å². The molecule has 1 heterocycles. The highest BCUT2D eigenvalue weighted by Gasteiger charge is 2.15. The normalized spacial score (nSPS) is 14.7. The van der Waals surface area contributed by atoms with Crippen molar-refractivity contribution >= 4 is 11.6 Å². The topological polar surface area (TPSA) is 46.1 Å². The molecule has 0 amide bonds. The van der Waals surface area contributed by atoms with E-state index < -0.39 is 0 Å². The minimum Gasteiger partial charge on any atom is -0.481 e. The number of nitrogens with zero attached hydrogens (tertiary/aromatic N) is 2. The van der Waals surface area contributed by atoms with E-state index in [0.717, 1.165) is 5.69 Å². The molecule has 0 aromatic heterocycles. The van der Waals surface area contributed by atoms with Crippen molar-refractivity contribution < 1.29 is 9.47 Å². The molecule has 1 aliphatic rings. The highest BCUT2D eigenvalue weighted by molar-refractivity contribution is 5.89. The number of anilines is 1. The fourth-order valence-electron chi connectivity index (χ4n) is 1.73. The number of benzene rings is 1. The average molecular weight is 261 g/mol. The Morgan fingerprint density at radius 1 is 1.11 bits per heavy atom. The quantitative estimate of drug-likeness (QED) is 0.908. The zero-order valence-electron chi connectivity index (χ0n) is 11.7. The first-order valence-corrected chi connectivity index (χ1v) is 6.19. The van der Waals surface area contributed by atoms with Gasteiger partial charge in [-0.1, -0.05) is 26.0 Å². The molecule has 1 aromatic rings. The van der Waals surface area contributed by atoms with Crippen LogP contribution < -0.4 is 10.5 Å². The number of hydrogen-bond acceptors (Lipinski definition) is 5. The fourth-order valence-corrected chi connectivity index (χ4v) is 1.73.